The summed E-state index contributed by atoms with van der Waals surface area (Å²) in [6, 6.07) is 0. The third-order valence-corrected chi connectivity index (χ3v) is 2.94. The minimum atomic E-state index is -0.870. The highest BCUT2D eigenvalue weighted by atomic mass is 16.4. The molecule has 1 fully saturated rings. The van der Waals surface area contributed by atoms with Crippen molar-refractivity contribution < 1.29 is 14.7 Å². The van der Waals surface area contributed by atoms with Gasteiger partial charge in [0.2, 0.25) is 0 Å². The number of ketones is 1. The Balaban J connectivity index is 2.67. The zero-order chi connectivity index (χ0) is 10.1. The summed E-state index contributed by atoms with van der Waals surface area (Å²) in [4.78, 5) is 22.1. The van der Waals surface area contributed by atoms with Crippen LogP contribution >= 0.6 is 0 Å². The molecule has 0 aromatic carbocycles. The van der Waals surface area contributed by atoms with Crippen molar-refractivity contribution in [2.75, 3.05) is 0 Å². The summed E-state index contributed by atoms with van der Waals surface area (Å²) in [5, 5.41) is 8.66. The summed E-state index contributed by atoms with van der Waals surface area (Å²) in [5.74, 6) is -0.326. The van der Waals surface area contributed by atoms with Crippen molar-refractivity contribution >= 4 is 11.8 Å². The van der Waals surface area contributed by atoms with Gasteiger partial charge in [0, 0.05) is 11.8 Å². The van der Waals surface area contributed by atoms with Crippen molar-refractivity contribution in [3.05, 3.63) is 0 Å². The number of rotatable bonds is 2. The van der Waals surface area contributed by atoms with Gasteiger partial charge in [0.05, 0.1) is 6.42 Å². The van der Waals surface area contributed by atoms with E-state index in [1.54, 1.807) is 6.92 Å². The summed E-state index contributed by atoms with van der Waals surface area (Å²) < 4.78 is 0. The van der Waals surface area contributed by atoms with Crippen LogP contribution in [0.25, 0.3) is 0 Å². The molecule has 13 heavy (non-hydrogen) atoms. The fourth-order valence-corrected chi connectivity index (χ4v) is 1.89. The maximum absolute atomic E-state index is 11.6. The van der Waals surface area contributed by atoms with Crippen LogP contribution in [0.2, 0.25) is 0 Å². The van der Waals surface area contributed by atoms with Gasteiger partial charge in [0.15, 0.2) is 0 Å². The normalized spacial score (nSPS) is 34.6. The molecule has 0 aromatic rings. The Hall–Kier alpha value is -0.860. The lowest BCUT2D eigenvalue weighted by atomic mass is 9.69. The lowest BCUT2D eigenvalue weighted by Crippen LogP contribution is -2.35. The average Bonchev–Trinajstić information content (AvgIpc) is 1.97. The fraction of sp³-hybridized carbons (Fsp3) is 0.800. The SMILES string of the molecule is C[C@H]1CC[C@@](C)(CC(=O)O)C(=O)C1. The fourth-order valence-electron chi connectivity index (χ4n) is 1.89. The molecule has 0 unspecified atom stereocenters. The second kappa shape index (κ2) is 3.48. The van der Waals surface area contributed by atoms with Gasteiger partial charge >= 0.3 is 5.97 Å². The number of aliphatic carboxylic acids is 1. The van der Waals surface area contributed by atoms with Crippen LogP contribution in [-0.2, 0) is 9.59 Å². The molecule has 0 heterocycles. The van der Waals surface area contributed by atoms with Gasteiger partial charge in [-0.25, -0.2) is 0 Å². The van der Waals surface area contributed by atoms with E-state index in [0.29, 0.717) is 12.3 Å². The van der Waals surface area contributed by atoms with Crippen LogP contribution < -0.4 is 0 Å². The Morgan fingerprint density at radius 2 is 2.31 bits per heavy atom. The highest BCUT2D eigenvalue weighted by Crippen LogP contribution is 2.38. The lowest BCUT2D eigenvalue weighted by molar-refractivity contribution is -0.146. The van der Waals surface area contributed by atoms with Gasteiger partial charge < -0.3 is 5.11 Å². The van der Waals surface area contributed by atoms with Crippen LogP contribution in [0.5, 0.6) is 0 Å². The largest absolute Gasteiger partial charge is 0.481 e. The molecular formula is C10H16O3. The molecule has 0 saturated heterocycles. The third kappa shape index (κ3) is 2.29. The minimum Gasteiger partial charge on any atom is -0.481 e. The molecule has 1 aliphatic rings. The van der Waals surface area contributed by atoms with E-state index in [2.05, 4.69) is 0 Å². The van der Waals surface area contributed by atoms with Crippen LogP contribution in [0.1, 0.15) is 39.5 Å². The van der Waals surface area contributed by atoms with Crippen molar-refractivity contribution in [3.63, 3.8) is 0 Å². The summed E-state index contributed by atoms with van der Waals surface area (Å²) in [6.07, 6.45) is 2.22. The Morgan fingerprint density at radius 3 is 2.77 bits per heavy atom. The Labute approximate surface area is 78.1 Å². The summed E-state index contributed by atoms with van der Waals surface area (Å²) in [6.45, 7) is 3.81. The smallest absolute Gasteiger partial charge is 0.304 e. The first-order chi connectivity index (χ1) is 5.94. The number of carbonyl (C=O) groups excluding carboxylic acids is 1. The van der Waals surface area contributed by atoms with Crippen LogP contribution in [0, 0.1) is 11.3 Å². The van der Waals surface area contributed by atoms with E-state index in [1.807, 2.05) is 6.92 Å². The molecule has 0 radical (unpaired) electrons. The van der Waals surface area contributed by atoms with Crippen molar-refractivity contribution in [2.24, 2.45) is 11.3 Å². The van der Waals surface area contributed by atoms with E-state index in [9.17, 15) is 9.59 Å². The van der Waals surface area contributed by atoms with E-state index in [4.69, 9.17) is 5.11 Å². The molecule has 74 valence electrons. The molecule has 0 bridgehead atoms. The van der Waals surface area contributed by atoms with Gasteiger partial charge in [0.1, 0.15) is 5.78 Å². The van der Waals surface area contributed by atoms with Gasteiger partial charge in [-0.05, 0) is 18.8 Å². The first kappa shape index (κ1) is 10.2. The number of carboxylic acids is 1. The maximum Gasteiger partial charge on any atom is 0.304 e. The van der Waals surface area contributed by atoms with E-state index in [1.165, 1.54) is 0 Å². The van der Waals surface area contributed by atoms with Gasteiger partial charge in [-0.1, -0.05) is 13.8 Å². The minimum absolute atomic E-state index is 0.0153. The molecule has 1 aliphatic carbocycles. The van der Waals surface area contributed by atoms with Crippen molar-refractivity contribution in [3.8, 4) is 0 Å². The molecule has 1 N–H and O–H groups in total. The van der Waals surface area contributed by atoms with Gasteiger partial charge in [0.25, 0.3) is 0 Å². The van der Waals surface area contributed by atoms with Gasteiger partial charge in [-0.15, -0.1) is 0 Å². The molecule has 3 heteroatoms. The number of carboxylic acid groups (broad SMARTS) is 1. The molecule has 2 atom stereocenters. The second-order valence-corrected chi connectivity index (χ2v) is 4.40. The predicted octanol–water partition coefficient (Wildman–Crippen LogP) is 1.86. The van der Waals surface area contributed by atoms with Crippen LogP contribution in [-0.4, -0.2) is 16.9 Å². The van der Waals surface area contributed by atoms with Crippen molar-refractivity contribution in [1.82, 2.24) is 0 Å². The highest BCUT2D eigenvalue weighted by Gasteiger charge is 2.39. The highest BCUT2D eigenvalue weighted by molar-refractivity contribution is 5.88. The lowest BCUT2D eigenvalue weighted by Gasteiger charge is -2.33. The van der Waals surface area contributed by atoms with Crippen LogP contribution in [0.15, 0.2) is 0 Å². The van der Waals surface area contributed by atoms with E-state index >= 15 is 0 Å². The standard InChI is InChI=1S/C10H16O3/c1-7-3-4-10(2,6-9(12)13)8(11)5-7/h7H,3-6H2,1-2H3,(H,12,13)/t7-,10-/m0/s1. The number of hydrogen-bond acceptors (Lipinski definition) is 2. The molecule has 0 spiro atoms. The first-order valence-corrected chi connectivity index (χ1v) is 4.69. The molecule has 0 amide bonds. The molecule has 1 saturated carbocycles. The molecule has 0 aromatic heterocycles. The van der Waals surface area contributed by atoms with Crippen molar-refractivity contribution in [2.45, 2.75) is 39.5 Å². The van der Waals surface area contributed by atoms with Gasteiger partial charge in [-0.2, -0.15) is 0 Å². The quantitative estimate of drug-likeness (QED) is 0.712. The Kier molecular flexibility index (Phi) is 2.74. The third-order valence-electron chi connectivity index (χ3n) is 2.94. The van der Waals surface area contributed by atoms with Crippen molar-refractivity contribution in [1.29, 1.82) is 0 Å². The summed E-state index contributed by atoms with van der Waals surface area (Å²) >= 11 is 0. The average molecular weight is 184 g/mol. The molecular weight excluding hydrogens is 168 g/mol. The Morgan fingerprint density at radius 1 is 1.69 bits per heavy atom. The number of Topliss-reactive ketones (excluding diaryl/α,β-unsaturated/α-hetero) is 1. The maximum atomic E-state index is 11.6. The van der Waals surface area contributed by atoms with E-state index in [-0.39, 0.29) is 12.2 Å². The van der Waals surface area contributed by atoms with Gasteiger partial charge in [-0.3, -0.25) is 9.59 Å². The summed E-state index contributed by atoms with van der Waals surface area (Å²) in [5.41, 5.74) is -0.599. The van der Waals surface area contributed by atoms with E-state index in [0.717, 1.165) is 12.8 Å². The molecule has 3 nitrogen and oxygen atoms in total. The number of carbonyl (C=O) groups is 2. The second-order valence-electron chi connectivity index (χ2n) is 4.40. The van der Waals surface area contributed by atoms with Crippen LogP contribution in [0.4, 0.5) is 0 Å². The molecule has 1 rings (SSSR count). The summed E-state index contributed by atoms with van der Waals surface area (Å²) in [7, 11) is 0. The van der Waals surface area contributed by atoms with Crippen LogP contribution in [0.3, 0.4) is 0 Å². The topological polar surface area (TPSA) is 54.4 Å². The zero-order valence-electron chi connectivity index (χ0n) is 8.17. The zero-order valence-corrected chi connectivity index (χ0v) is 8.17. The number of hydrogen-bond donors (Lipinski definition) is 1. The van der Waals surface area contributed by atoms with E-state index < -0.39 is 11.4 Å². The predicted molar refractivity (Wildman–Crippen MR) is 48.4 cm³/mol. The Bertz CT molecular complexity index is 234. The first-order valence-electron chi connectivity index (χ1n) is 4.69. The molecule has 0 aliphatic heterocycles. The monoisotopic (exact) mass is 184 g/mol.